The van der Waals surface area contributed by atoms with Crippen LogP contribution in [0.1, 0.15) is 45.2 Å². The first-order valence-electron chi connectivity index (χ1n) is 9.33. The summed E-state index contributed by atoms with van der Waals surface area (Å²) in [5, 5.41) is 0. The van der Waals surface area contributed by atoms with Gasteiger partial charge in [-0.15, -0.1) is 0 Å². The van der Waals surface area contributed by atoms with Crippen molar-refractivity contribution in [2.75, 3.05) is 6.61 Å². The van der Waals surface area contributed by atoms with Crippen LogP contribution in [0.5, 0.6) is 5.75 Å². The van der Waals surface area contributed by atoms with Gasteiger partial charge < -0.3 is 9.47 Å². The van der Waals surface area contributed by atoms with Gasteiger partial charge in [0.1, 0.15) is 5.75 Å². The van der Waals surface area contributed by atoms with E-state index in [4.69, 9.17) is 9.47 Å². The molecule has 2 aromatic carbocycles. The largest absolute Gasteiger partial charge is 0.478 e. The van der Waals surface area contributed by atoms with Crippen molar-refractivity contribution in [1.29, 1.82) is 0 Å². The Morgan fingerprint density at radius 3 is 2.15 bits per heavy atom. The van der Waals surface area contributed by atoms with E-state index >= 15 is 0 Å². The monoisotopic (exact) mass is 354 g/mol. The molecule has 2 aromatic rings. The normalized spacial score (nSPS) is 12.5. The molecule has 0 heterocycles. The number of rotatable bonds is 8. The molecule has 2 rings (SSSR count). The number of hydrogen-bond donors (Lipinski definition) is 0. The Kier molecular flexibility index (Phi) is 7.26. The molecule has 0 saturated carbocycles. The standard InChI is InChI=1S/C23H30O3/c1-5-25-22(24)21(26-20-9-7-6-8-10-20)17-19-13-11-18(12-14-19)15-16-23(2,3)4/h6-14,21H,5,15-17H2,1-4H3. The van der Waals surface area contributed by atoms with Crippen molar-refractivity contribution in [2.24, 2.45) is 5.41 Å². The minimum atomic E-state index is -0.641. The molecule has 0 N–H and O–H groups in total. The highest BCUT2D eigenvalue weighted by molar-refractivity contribution is 5.75. The molecule has 26 heavy (non-hydrogen) atoms. The van der Waals surface area contributed by atoms with Gasteiger partial charge in [-0.25, -0.2) is 4.79 Å². The third kappa shape index (κ3) is 6.91. The van der Waals surface area contributed by atoms with Crippen LogP contribution in [0.15, 0.2) is 54.6 Å². The SMILES string of the molecule is CCOC(=O)C(Cc1ccc(CCC(C)(C)C)cc1)Oc1ccccc1. The van der Waals surface area contributed by atoms with E-state index < -0.39 is 6.10 Å². The molecule has 3 heteroatoms. The van der Waals surface area contributed by atoms with E-state index in [2.05, 4.69) is 45.0 Å². The average molecular weight is 354 g/mol. The van der Waals surface area contributed by atoms with Gasteiger partial charge in [0, 0.05) is 6.42 Å². The second kappa shape index (κ2) is 9.42. The van der Waals surface area contributed by atoms with Gasteiger partial charge in [-0.05, 0) is 48.4 Å². The minimum absolute atomic E-state index is 0.326. The summed E-state index contributed by atoms with van der Waals surface area (Å²) in [5.41, 5.74) is 2.72. The molecule has 0 saturated heterocycles. The Hall–Kier alpha value is -2.29. The molecule has 0 fully saturated rings. The van der Waals surface area contributed by atoms with E-state index in [0.717, 1.165) is 18.4 Å². The molecule has 0 amide bonds. The van der Waals surface area contributed by atoms with Crippen molar-refractivity contribution < 1.29 is 14.3 Å². The number of carbonyl (C=O) groups excluding carboxylic acids is 1. The summed E-state index contributed by atoms with van der Waals surface area (Å²) < 4.78 is 11.1. The lowest BCUT2D eigenvalue weighted by molar-refractivity contribution is -0.151. The number of esters is 1. The highest BCUT2D eigenvalue weighted by atomic mass is 16.6. The molecule has 1 atom stereocenters. The van der Waals surface area contributed by atoms with Gasteiger partial charge >= 0.3 is 5.97 Å². The van der Waals surface area contributed by atoms with Crippen molar-refractivity contribution in [1.82, 2.24) is 0 Å². The fourth-order valence-corrected chi connectivity index (χ4v) is 2.65. The van der Waals surface area contributed by atoms with E-state index in [1.54, 1.807) is 0 Å². The minimum Gasteiger partial charge on any atom is -0.478 e. The van der Waals surface area contributed by atoms with Crippen molar-refractivity contribution in [2.45, 2.75) is 53.1 Å². The number of para-hydroxylation sites is 1. The van der Waals surface area contributed by atoms with E-state index in [0.29, 0.717) is 24.2 Å². The van der Waals surface area contributed by atoms with Gasteiger partial charge in [-0.2, -0.15) is 0 Å². The lowest BCUT2D eigenvalue weighted by Gasteiger charge is -2.19. The number of carbonyl (C=O) groups is 1. The fourth-order valence-electron chi connectivity index (χ4n) is 2.65. The Labute approximate surface area is 157 Å². The number of hydrogen-bond acceptors (Lipinski definition) is 3. The smallest absolute Gasteiger partial charge is 0.347 e. The number of ether oxygens (including phenoxy) is 2. The van der Waals surface area contributed by atoms with Gasteiger partial charge in [-0.3, -0.25) is 0 Å². The quantitative estimate of drug-likeness (QED) is 0.610. The third-order valence-corrected chi connectivity index (χ3v) is 4.18. The Bertz CT molecular complexity index is 669. The van der Waals surface area contributed by atoms with Crippen LogP contribution in [0, 0.1) is 5.41 Å². The second-order valence-electron chi connectivity index (χ2n) is 7.75. The molecule has 0 radical (unpaired) electrons. The predicted octanol–water partition coefficient (Wildman–Crippen LogP) is 5.22. The summed E-state index contributed by atoms with van der Waals surface area (Å²) >= 11 is 0. The molecule has 3 nitrogen and oxygen atoms in total. The van der Waals surface area contributed by atoms with Crippen LogP contribution in [0.3, 0.4) is 0 Å². The summed E-state index contributed by atoms with van der Waals surface area (Å²) in [6.45, 7) is 8.92. The first-order valence-corrected chi connectivity index (χ1v) is 9.33. The van der Waals surface area contributed by atoms with Crippen LogP contribution < -0.4 is 4.74 Å². The molecule has 1 unspecified atom stereocenters. The Morgan fingerprint density at radius 2 is 1.58 bits per heavy atom. The highest BCUT2D eigenvalue weighted by Crippen LogP contribution is 2.22. The van der Waals surface area contributed by atoms with Crippen molar-refractivity contribution in [3.8, 4) is 5.75 Å². The second-order valence-corrected chi connectivity index (χ2v) is 7.75. The van der Waals surface area contributed by atoms with Gasteiger partial charge in [-0.1, -0.05) is 63.2 Å². The molecule has 0 spiro atoms. The molecule has 0 aliphatic heterocycles. The first-order chi connectivity index (χ1) is 12.4. The van der Waals surface area contributed by atoms with Crippen LogP contribution in [0.4, 0.5) is 0 Å². The molecule has 0 aliphatic carbocycles. The maximum absolute atomic E-state index is 12.3. The van der Waals surface area contributed by atoms with Crippen LogP contribution >= 0.6 is 0 Å². The van der Waals surface area contributed by atoms with E-state index in [9.17, 15) is 4.79 Å². The Morgan fingerprint density at radius 1 is 0.962 bits per heavy atom. The Balaban J connectivity index is 2.03. The van der Waals surface area contributed by atoms with Crippen LogP contribution in [-0.4, -0.2) is 18.7 Å². The van der Waals surface area contributed by atoms with Crippen molar-refractivity contribution in [3.05, 3.63) is 65.7 Å². The summed E-state index contributed by atoms with van der Waals surface area (Å²) in [5.74, 6) is 0.348. The molecule has 0 aromatic heterocycles. The lowest BCUT2D eigenvalue weighted by atomic mass is 9.88. The summed E-state index contributed by atoms with van der Waals surface area (Å²) in [7, 11) is 0. The highest BCUT2D eigenvalue weighted by Gasteiger charge is 2.22. The first kappa shape index (κ1) is 20.0. The maximum atomic E-state index is 12.3. The van der Waals surface area contributed by atoms with Crippen molar-refractivity contribution in [3.63, 3.8) is 0 Å². The van der Waals surface area contributed by atoms with E-state index in [1.807, 2.05) is 37.3 Å². The molecule has 0 aliphatic rings. The third-order valence-electron chi connectivity index (χ3n) is 4.18. The zero-order valence-corrected chi connectivity index (χ0v) is 16.3. The maximum Gasteiger partial charge on any atom is 0.347 e. The summed E-state index contributed by atoms with van der Waals surface area (Å²) in [6.07, 6.45) is 2.06. The number of aryl methyl sites for hydroxylation is 1. The molecular weight excluding hydrogens is 324 g/mol. The van der Waals surface area contributed by atoms with Gasteiger partial charge in [0.15, 0.2) is 6.10 Å². The fraction of sp³-hybridized carbons (Fsp3) is 0.435. The lowest BCUT2D eigenvalue weighted by Crippen LogP contribution is -2.31. The van der Waals surface area contributed by atoms with E-state index in [1.165, 1.54) is 5.56 Å². The molecule has 0 bridgehead atoms. The van der Waals surface area contributed by atoms with Crippen LogP contribution in [0.2, 0.25) is 0 Å². The van der Waals surface area contributed by atoms with Crippen molar-refractivity contribution >= 4 is 5.97 Å². The van der Waals surface area contributed by atoms with E-state index in [-0.39, 0.29) is 5.97 Å². The zero-order valence-electron chi connectivity index (χ0n) is 16.3. The van der Waals surface area contributed by atoms with Gasteiger partial charge in [0.2, 0.25) is 0 Å². The number of benzene rings is 2. The van der Waals surface area contributed by atoms with Gasteiger partial charge in [0.25, 0.3) is 0 Å². The average Bonchev–Trinajstić information content (AvgIpc) is 2.61. The van der Waals surface area contributed by atoms with Crippen LogP contribution in [-0.2, 0) is 22.4 Å². The zero-order chi connectivity index (χ0) is 19.0. The summed E-state index contributed by atoms with van der Waals surface area (Å²) in [4.78, 5) is 12.3. The van der Waals surface area contributed by atoms with Crippen LogP contribution in [0.25, 0.3) is 0 Å². The molecular formula is C23H30O3. The van der Waals surface area contributed by atoms with Gasteiger partial charge in [0.05, 0.1) is 6.61 Å². The predicted molar refractivity (Wildman–Crippen MR) is 105 cm³/mol. The molecule has 140 valence electrons. The topological polar surface area (TPSA) is 35.5 Å². The summed E-state index contributed by atoms with van der Waals surface area (Å²) in [6, 6.07) is 17.9.